The van der Waals surface area contributed by atoms with Crippen LogP contribution in [0, 0.1) is 23.7 Å². The molecule has 6 nitrogen and oxygen atoms in total. The second-order valence-corrected chi connectivity index (χ2v) is 4.22. The second kappa shape index (κ2) is 10.6. The zero-order valence-electron chi connectivity index (χ0n) is 12.2. The molecule has 0 unspecified atom stereocenters. The van der Waals surface area contributed by atoms with Crippen molar-refractivity contribution in [1.29, 1.82) is 0 Å². The smallest absolute Gasteiger partial charge is 0.408 e. The molecule has 2 amide bonds. The topological polar surface area (TPSA) is 76.7 Å². The van der Waals surface area contributed by atoms with Gasteiger partial charge in [0.2, 0.25) is 0 Å². The highest BCUT2D eigenvalue weighted by Crippen LogP contribution is 1.87. The van der Waals surface area contributed by atoms with E-state index in [4.69, 9.17) is 9.47 Å². The van der Waals surface area contributed by atoms with E-state index < -0.39 is 12.2 Å². The molecule has 0 aromatic heterocycles. The first-order valence-corrected chi connectivity index (χ1v) is 6.26. The summed E-state index contributed by atoms with van der Waals surface area (Å²) in [6.07, 6.45) is -1.36. The van der Waals surface area contributed by atoms with E-state index in [2.05, 4.69) is 34.3 Å². The van der Waals surface area contributed by atoms with Crippen molar-refractivity contribution >= 4 is 12.2 Å². The molecule has 0 saturated heterocycles. The predicted octanol–water partition coefficient (Wildman–Crippen LogP) is 1.26. The van der Waals surface area contributed by atoms with Crippen molar-refractivity contribution in [1.82, 2.24) is 10.6 Å². The standard InChI is InChI=1S/C14H20N2O4/c1-11(2)19-13(17)15-9-7-5-6-8-10-16-14(18)20-12(3)4/h11-12H,9-10H2,1-4H3,(H,15,17)(H,16,18). The Hall–Kier alpha value is -2.34. The van der Waals surface area contributed by atoms with Crippen LogP contribution in [0.25, 0.3) is 0 Å². The molecule has 0 radical (unpaired) electrons. The molecule has 0 atom stereocenters. The van der Waals surface area contributed by atoms with E-state index in [9.17, 15) is 9.59 Å². The van der Waals surface area contributed by atoms with Crippen LogP contribution in [-0.2, 0) is 9.47 Å². The minimum Gasteiger partial charge on any atom is -0.447 e. The summed E-state index contributed by atoms with van der Waals surface area (Å²) in [6, 6.07) is 0. The normalized spacial score (nSPS) is 8.90. The molecule has 110 valence electrons. The number of hydrogen-bond acceptors (Lipinski definition) is 4. The molecule has 0 saturated carbocycles. The molecule has 2 N–H and O–H groups in total. The van der Waals surface area contributed by atoms with Crippen molar-refractivity contribution in [3.05, 3.63) is 0 Å². The summed E-state index contributed by atoms with van der Waals surface area (Å²) in [5.41, 5.74) is 0. The van der Waals surface area contributed by atoms with E-state index in [0.29, 0.717) is 0 Å². The van der Waals surface area contributed by atoms with Gasteiger partial charge < -0.3 is 20.1 Å². The van der Waals surface area contributed by atoms with Crippen LogP contribution in [0.3, 0.4) is 0 Å². The third-order valence-electron chi connectivity index (χ3n) is 1.57. The van der Waals surface area contributed by atoms with Crippen LogP contribution in [-0.4, -0.2) is 37.5 Å². The second-order valence-electron chi connectivity index (χ2n) is 4.22. The van der Waals surface area contributed by atoms with Gasteiger partial charge in [0.05, 0.1) is 25.3 Å². The number of carbonyl (C=O) groups excluding carboxylic acids is 2. The Balaban J connectivity index is 3.75. The highest BCUT2D eigenvalue weighted by molar-refractivity contribution is 5.68. The quantitative estimate of drug-likeness (QED) is 0.760. The summed E-state index contributed by atoms with van der Waals surface area (Å²) in [7, 11) is 0. The number of ether oxygens (including phenoxy) is 2. The maximum Gasteiger partial charge on any atom is 0.408 e. The molecule has 0 heterocycles. The Morgan fingerprint density at radius 2 is 1.20 bits per heavy atom. The van der Waals surface area contributed by atoms with E-state index in [1.165, 1.54) is 0 Å². The molecule has 0 aliphatic carbocycles. The van der Waals surface area contributed by atoms with Gasteiger partial charge in [0.1, 0.15) is 0 Å². The van der Waals surface area contributed by atoms with Crippen LogP contribution in [0.5, 0.6) is 0 Å². The average molecular weight is 280 g/mol. The van der Waals surface area contributed by atoms with Crippen molar-refractivity contribution in [2.75, 3.05) is 13.1 Å². The highest BCUT2D eigenvalue weighted by atomic mass is 16.6. The molecule has 0 aromatic rings. The lowest BCUT2D eigenvalue weighted by Crippen LogP contribution is -2.27. The Bertz CT molecular complexity index is 394. The fourth-order valence-electron chi connectivity index (χ4n) is 0.921. The Kier molecular flexibility index (Phi) is 9.33. The van der Waals surface area contributed by atoms with E-state index in [0.717, 1.165) is 0 Å². The largest absolute Gasteiger partial charge is 0.447 e. The van der Waals surface area contributed by atoms with Gasteiger partial charge in [-0.1, -0.05) is 11.8 Å². The lowest BCUT2D eigenvalue weighted by molar-refractivity contribution is 0.115. The SMILES string of the molecule is CC(C)OC(=O)NCC#CC#CCNC(=O)OC(C)C. The maximum absolute atomic E-state index is 11.1. The van der Waals surface area contributed by atoms with Crippen LogP contribution < -0.4 is 10.6 Å². The van der Waals surface area contributed by atoms with Crippen LogP contribution in [0.1, 0.15) is 27.7 Å². The first kappa shape index (κ1) is 17.7. The van der Waals surface area contributed by atoms with E-state index in [1.807, 2.05) is 0 Å². The van der Waals surface area contributed by atoms with Crippen molar-refractivity contribution in [3.8, 4) is 23.7 Å². The lowest BCUT2D eigenvalue weighted by atomic mass is 10.5. The minimum absolute atomic E-state index is 0.156. The molecule has 0 bridgehead atoms. The molecule has 0 aliphatic heterocycles. The number of carbonyl (C=O) groups is 2. The highest BCUT2D eigenvalue weighted by Gasteiger charge is 2.02. The number of alkyl carbamates (subject to hydrolysis) is 2. The van der Waals surface area contributed by atoms with Crippen molar-refractivity contribution in [2.45, 2.75) is 39.9 Å². The van der Waals surface area contributed by atoms with Crippen LogP contribution >= 0.6 is 0 Å². The summed E-state index contributed by atoms with van der Waals surface area (Å²) in [6.45, 7) is 7.34. The molecular formula is C14H20N2O4. The zero-order valence-corrected chi connectivity index (χ0v) is 12.2. The zero-order chi connectivity index (χ0) is 15.4. The van der Waals surface area contributed by atoms with Crippen LogP contribution in [0.4, 0.5) is 9.59 Å². The lowest BCUT2D eigenvalue weighted by Gasteiger charge is -2.06. The summed E-state index contributed by atoms with van der Waals surface area (Å²) < 4.78 is 9.68. The maximum atomic E-state index is 11.1. The summed E-state index contributed by atoms with van der Waals surface area (Å²) in [4.78, 5) is 22.1. The van der Waals surface area contributed by atoms with Gasteiger partial charge >= 0.3 is 12.2 Å². The Morgan fingerprint density at radius 3 is 1.50 bits per heavy atom. The van der Waals surface area contributed by atoms with Crippen molar-refractivity contribution < 1.29 is 19.1 Å². The van der Waals surface area contributed by atoms with Crippen molar-refractivity contribution in [2.24, 2.45) is 0 Å². The molecule has 0 aliphatic rings. The minimum atomic E-state index is -0.514. The molecular weight excluding hydrogens is 260 g/mol. The molecule has 6 heteroatoms. The molecule has 0 spiro atoms. The first-order chi connectivity index (χ1) is 9.41. The van der Waals surface area contributed by atoms with Gasteiger partial charge in [-0.15, -0.1) is 0 Å². The summed E-state index contributed by atoms with van der Waals surface area (Å²) in [5.74, 6) is 10.3. The third-order valence-corrected chi connectivity index (χ3v) is 1.57. The van der Waals surface area contributed by atoms with Crippen LogP contribution in [0.2, 0.25) is 0 Å². The van der Waals surface area contributed by atoms with Gasteiger partial charge in [0.25, 0.3) is 0 Å². The van der Waals surface area contributed by atoms with E-state index >= 15 is 0 Å². The van der Waals surface area contributed by atoms with E-state index in [1.54, 1.807) is 27.7 Å². The van der Waals surface area contributed by atoms with Gasteiger partial charge in [-0.2, -0.15) is 0 Å². The fraction of sp³-hybridized carbons (Fsp3) is 0.571. The number of hydrogen-bond donors (Lipinski definition) is 2. The van der Waals surface area contributed by atoms with E-state index in [-0.39, 0.29) is 25.3 Å². The number of rotatable bonds is 4. The van der Waals surface area contributed by atoms with Gasteiger partial charge in [-0.25, -0.2) is 9.59 Å². The molecule has 0 aromatic carbocycles. The Morgan fingerprint density at radius 1 is 0.850 bits per heavy atom. The molecule has 0 rings (SSSR count). The van der Waals surface area contributed by atoms with Crippen molar-refractivity contribution in [3.63, 3.8) is 0 Å². The van der Waals surface area contributed by atoms with Gasteiger partial charge in [0, 0.05) is 0 Å². The van der Waals surface area contributed by atoms with Gasteiger partial charge in [0.15, 0.2) is 0 Å². The molecule has 20 heavy (non-hydrogen) atoms. The van der Waals surface area contributed by atoms with Crippen LogP contribution in [0.15, 0.2) is 0 Å². The number of nitrogens with one attached hydrogen (secondary N) is 2. The molecule has 0 fully saturated rings. The number of amides is 2. The van der Waals surface area contributed by atoms with Gasteiger partial charge in [-0.05, 0) is 39.5 Å². The summed E-state index contributed by atoms with van der Waals surface area (Å²) >= 11 is 0. The third kappa shape index (κ3) is 12.1. The predicted molar refractivity (Wildman–Crippen MR) is 74.8 cm³/mol. The Labute approximate surface area is 119 Å². The van der Waals surface area contributed by atoms with Gasteiger partial charge in [-0.3, -0.25) is 0 Å². The first-order valence-electron chi connectivity index (χ1n) is 6.26. The monoisotopic (exact) mass is 280 g/mol. The summed E-state index contributed by atoms with van der Waals surface area (Å²) in [5, 5.41) is 4.90. The fourth-order valence-corrected chi connectivity index (χ4v) is 0.921. The average Bonchev–Trinajstić information content (AvgIpc) is 2.30.